The van der Waals surface area contributed by atoms with Gasteiger partial charge < -0.3 is 19.1 Å². The molecule has 2 heterocycles. The van der Waals surface area contributed by atoms with Crippen LogP contribution in [-0.4, -0.2) is 140 Å². The van der Waals surface area contributed by atoms with E-state index in [4.69, 9.17) is 42.4 Å². The molecule has 2 aliphatic rings. The van der Waals surface area contributed by atoms with Gasteiger partial charge in [-0.25, -0.2) is 21.6 Å². The third-order valence-electron chi connectivity index (χ3n) is 9.34. The summed E-state index contributed by atoms with van der Waals surface area (Å²) in [7, 11) is -4.22. The number of nitrogens with zero attached hydrogens (tertiary/aromatic N) is 5. The maximum absolute atomic E-state index is 15.0. The SMILES string of the molecule is CCOc1ccc(S(=O)(=O)N(CCOC)CCOC)cc1C1=NC(c2ccc(Cl)cc2)C(c2ccc(Cl)cc2)N1C(=O)N1CCN(CCS(C)(=O)=O)CC1. The lowest BCUT2D eigenvalue weighted by Gasteiger charge is -2.39. The molecule has 0 bridgehead atoms. The molecule has 0 aliphatic carbocycles. The standard InChI is InChI=1S/C37H47Cl2N5O8S2/c1-5-52-33-15-14-31(54(48,49)43(20-23-50-2)21-24-51-3)26-32(33)36-40-34(27-6-10-29(38)11-7-27)35(28-8-12-30(39)13-9-28)44(36)37(45)42-18-16-41(17-19-42)22-25-53(4,46)47/h6-15,26,34-35H,5,16-25H2,1-4H3. The largest absolute Gasteiger partial charge is 0.493 e. The average Bonchev–Trinajstić information content (AvgIpc) is 3.54. The van der Waals surface area contributed by atoms with E-state index in [0.29, 0.717) is 54.1 Å². The van der Waals surface area contributed by atoms with Gasteiger partial charge in [0, 0.05) is 76.3 Å². The van der Waals surface area contributed by atoms with E-state index in [0.717, 1.165) is 11.1 Å². The summed E-state index contributed by atoms with van der Waals surface area (Å²) in [6.45, 7) is 4.64. The van der Waals surface area contributed by atoms with E-state index in [-0.39, 0.29) is 55.4 Å². The van der Waals surface area contributed by atoms with Gasteiger partial charge in [-0.1, -0.05) is 47.5 Å². The lowest BCUT2D eigenvalue weighted by molar-refractivity contribution is 0.122. The summed E-state index contributed by atoms with van der Waals surface area (Å²) in [6, 6.07) is 17.4. The average molecular weight is 825 g/mol. The number of rotatable bonds is 16. The van der Waals surface area contributed by atoms with Crippen molar-refractivity contribution in [3.8, 4) is 5.75 Å². The van der Waals surface area contributed by atoms with E-state index in [1.54, 1.807) is 40.1 Å². The molecule has 3 aromatic carbocycles. The highest BCUT2D eigenvalue weighted by atomic mass is 35.5. The molecular weight excluding hydrogens is 777 g/mol. The lowest BCUT2D eigenvalue weighted by atomic mass is 9.93. The smallest absolute Gasteiger partial charge is 0.326 e. The van der Waals surface area contributed by atoms with Gasteiger partial charge in [-0.3, -0.25) is 14.8 Å². The topological polar surface area (TPSA) is 138 Å². The fourth-order valence-electron chi connectivity index (χ4n) is 6.48. The van der Waals surface area contributed by atoms with Crippen LogP contribution >= 0.6 is 23.2 Å². The molecule has 5 rings (SSSR count). The summed E-state index contributed by atoms with van der Waals surface area (Å²) in [5.41, 5.74) is 1.86. The molecule has 1 saturated heterocycles. The molecule has 0 saturated carbocycles. The number of piperazine rings is 1. The zero-order valence-corrected chi connectivity index (χ0v) is 34.0. The summed E-state index contributed by atoms with van der Waals surface area (Å²) >= 11 is 12.6. The first-order chi connectivity index (χ1) is 25.8. The van der Waals surface area contributed by atoms with Gasteiger partial charge in [-0.15, -0.1) is 0 Å². The predicted molar refractivity (Wildman–Crippen MR) is 210 cm³/mol. The fraction of sp³-hybridized carbons (Fsp3) is 0.459. The van der Waals surface area contributed by atoms with E-state index < -0.39 is 31.9 Å². The molecule has 2 aliphatic heterocycles. The van der Waals surface area contributed by atoms with Crippen molar-refractivity contribution in [2.24, 2.45) is 4.99 Å². The second-order valence-corrected chi connectivity index (χ2v) is 18.1. The molecule has 13 nitrogen and oxygen atoms in total. The number of aliphatic imine (C=N–C) groups is 1. The molecule has 2 amide bonds. The molecule has 294 valence electrons. The Balaban J connectivity index is 1.65. The summed E-state index contributed by atoms with van der Waals surface area (Å²) < 4.78 is 69.9. The minimum atomic E-state index is -4.08. The minimum absolute atomic E-state index is 0.0132. The van der Waals surface area contributed by atoms with Gasteiger partial charge in [0.25, 0.3) is 0 Å². The number of carbonyl (C=O) groups excluding carboxylic acids is 1. The lowest BCUT2D eigenvalue weighted by Crippen LogP contribution is -2.54. The van der Waals surface area contributed by atoms with Crippen molar-refractivity contribution in [3.63, 3.8) is 0 Å². The van der Waals surface area contributed by atoms with Gasteiger partial charge in [-0.2, -0.15) is 4.31 Å². The molecule has 17 heteroatoms. The van der Waals surface area contributed by atoms with Crippen LogP contribution in [0.3, 0.4) is 0 Å². The van der Waals surface area contributed by atoms with E-state index in [9.17, 15) is 21.6 Å². The van der Waals surface area contributed by atoms with E-state index in [2.05, 4.69) is 0 Å². The first kappa shape index (κ1) is 41.9. The van der Waals surface area contributed by atoms with E-state index >= 15 is 0 Å². The van der Waals surface area contributed by atoms with Crippen LogP contribution in [0.2, 0.25) is 10.0 Å². The molecular formula is C37H47Cl2N5O8S2. The third kappa shape index (κ3) is 10.1. The van der Waals surface area contributed by atoms with E-state index in [1.807, 2.05) is 36.1 Å². The molecule has 0 N–H and O–H groups in total. The number of sulfonamides is 1. The van der Waals surface area contributed by atoms with Crippen LogP contribution in [0.5, 0.6) is 5.75 Å². The van der Waals surface area contributed by atoms with Crippen molar-refractivity contribution in [3.05, 3.63) is 93.5 Å². The molecule has 3 aromatic rings. The number of benzene rings is 3. The number of urea groups is 1. The normalized spacial score (nSPS) is 18.3. The third-order valence-corrected chi connectivity index (χ3v) is 12.7. The Labute approximate surface area is 328 Å². The summed E-state index contributed by atoms with van der Waals surface area (Å²) in [5.74, 6) is 0.616. The van der Waals surface area contributed by atoms with Gasteiger partial charge in [-0.05, 0) is 60.5 Å². The Morgan fingerprint density at radius 1 is 0.852 bits per heavy atom. The van der Waals surface area contributed by atoms with Crippen LogP contribution in [0.25, 0.3) is 0 Å². The zero-order valence-electron chi connectivity index (χ0n) is 30.9. The molecule has 2 atom stereocenters. The van der Waals surface area contributed by atoms with Gasteiger partial charge in [0.05, 0.1) is 42.1 Å². The Morgan fingerprint density at radius 3 is 1.96 bits per heavy atom. The van der Waals surface area contributed by atoms with E-state index in [1.165, 1.54) is 36.9 Å². The van der Waals surface area contributed by atoms with Gasteiger partial charge >= 0.3 is 6.03 Å². The van der Waals surface area contributed by atoms with Gasteiger partial charge in [0.2, 0.25) is 10.0 Å². The van der Waals surface area contributed by atoms with Crippen molar-refractivity contribution in [1.29, 1.82) is 0 Å². The number of halogens is 2. The van der Waals surface area contributed by atoms with Crippen molar-refractivity contribution in [1.82, 2.24) is 19.0 Å². The monoisotopic (exact) mass is 823 g/mol. The van der Waals surface area contributed by atoms with Crippen LogP contribution in [0.1, 0.15) is 35.7 Å². The minimum Gasteiger partial charge on any atom is -0.493 e. The van der Waals surface area contributed by atoms with Gasteiger partial charge in [0.15, 0.2) is 0 Å². The van der Waals surface area contributed by atoms with Crippen LogP contribution in [0, 0.1) is 0 Å². The highest BCUT2D eigenvalue weighted by molar-refractivity contribution is 7.90. The van der Waals surface area contributed by atoms with Crippen molar-refractivity contribution in [2.45, 2.75) is 23.9 Å². The Kier molecular flexibility index (Phi) is 14.4. The fourth-order valence-corrected chi connectivity index (χ4v) is 8.75. The number of carbonyl (C=O) groups is 1. The van der Waals surface area contributed by atoms with Crippen LogP contribution in [0.4, 0.5) is 4.79 Å². The van der Waals surface area contributed by atoms with Crippen LogP contribution < -0.4 is 4.74 Å². The number of hydrogen-bond donors (Lipinski definition) is 0. The second-order valence-electron chi connectivity index (χ2n) is 13.0. The Bertz CT molecular complexity index is 1990. The summed E-state index contributed by atoms with van der Waals surface area (Å²) in [6.07, 6.45) is 1.21. The summed E-state index contributed by atoms with van der Waals surface area (Å²) in [4.78, 5) is 25.6. The quantitative estimate of drug-likeness (QED) is 0.195. The number of sulfone groups is 1. The molecule has 0 aromatic heterocycles. The van der Waals surface area contributed by atoms with Crippen molar-refractivity contribution >= 4 is 54.9 Å². The Hall–Kier alpha value is -3.28. The van der Waals surface area contributed by atoms with Gasteiger partial charge in [0.1, 0.15) is 27.5 Å². The summed E-state index contributed by atoms with van der Waals surface area (Å²) in [5, 5.41) is 1.06. The number of methoxy groups -OCH3 is 2. The second kappa shape index (κ2) is 18.6. The molecule has 54 heavy (non-hydrogen) atoms. The maximum Gasteiger partial charge on any atom is 0.326 e. The molecule has 0 spiro atoms. The highest BCUT2D eigenvalue weighted by Gasteiger charge is 2.45. The highest BCUT2D eigenvalue weighted by Crippen LogP contribution is 2.46. The molecule has 1 fully saturated rings. The number of hydrogen-bond acceptors (Lipinski definition) is 10. The first-order valence-electron chi connectivity index (χ1n) is 17.6. The number of ether oxygens (including phenoxy) is 3. The zero-order chi connectivity index (χ0) is 39.0. The van der Waals surface area contributed by atoms with Crippen molar-refractivity contribution < 1.29 is 35.8 Å². The van der Waals surface area contributed by atoms with Crippen LogP contribution in [0.15, 0.2) is 76.6 Å². The Morgan fingerprint density at radius 2 is 1.43 bits per heavy atom. The molecule has 0 radical (unpaired) electrons. The molecule has 2 unspecified atom stereocenters. The maximum atomic E-state index is 15.0. The first-order valence-corrected chi connectivity index (χ1v) is 21.8. The van der Waals surface area contributed by atoms with Crippen molar-refractivity contribution in [2.75, 3.05) is 91.9 Å². The number of amides is 2. The number of amidine groups is 1. The predicted octanol–water partition coefficient (Wildman–Crippen LogP) is 5.00. The van der Waals surface area contributed by atoms with Crippen LogP contribution in [-0.2, 0) is 29.3 Å².